The van der Waals surface area contributed by atoms with Gasteiger partial charge in [-0.2, -0.15) is 0 Å². The Kier molecular flexibility index (Phi) is 1.62. The number of fused-ring (bicyclic) bond motifs is 1. The molecule has 3 unspecified atom stereocenters. The van der Waals surface area contributed by atoms with E-state index in [1.54, 1.807) is 5.56 Å². The molecule has 1 nitrogen and oxygen atoms in total. The van der Waals surface area contributed by atoms with E-state index in [1.807, 2.05) is 0 Å². The highest BCUT2D eigenvalue weighted by Crippen LogP contribution is 2.49. The van der Waals surface area contributed by atoms with Crippen molar-refractivity contribution in [3.63, 3.8) is 0 Å². The molecule has 0 aromatic heterocycles. The van der Waals surface area contributed by atoms with E-state index in [9.17, 15) is 0 Å². The fourth-order valence-corrected chi connectivity index (χ4v) is 3.62. The van der Waals surface area contributed by atoms with E-state index in [2.05, 4.69) is 53.5 Å². The summed E-state index contributed by atoms with van der Waals surface area (Å²) in [5, 5.41) is 0. The minimum absolute atomic E-state index is 0.610. The monoisotopic (exact) mass is 209 g/mol. The Morgan fingerprint density at radius 1 is 1.06 bits per heavy atom. The predicted octanol–water partition coefficient (Wildman–Crippen LogP) is 3.10. The molecule has 4 aliphatic rings. The molecule has 0 N–H and O–H groups in total. The van der Waals surface area contributed by atoms with E-state index in [4.69, 9.17) is 0 Å². The topological polar surface area (TPSA) is 3.24 Å². The Labute approximate surface area is 96.1 Å². The molecule has 1 aromatic rings. The molecule has 5 rings (SSSR count). The standard InChI is InChI=1S/C15H15N/c1-3-7-14-12(5-1)11-9-10-16(14)15-8-4-2-6-13(11)15/h1-8,11-12,14H,9-10H2. The van der Waals surface area contributed by atoms with Gasteiger partial charge in [-0.05, 0) is 24.0 Å². The second-order valence-electron chi connectivity index (χ2n) is 4.99. The number of nitrogens with zero attached hydrogens (tertiary/aromatic N) is 1. The van der Waals surface area contributed by atoms with Crippen molar-refractivity contribution in [1.82, 2.24) is 0 Å². The average molecular weight is 209 g/mol. The Bertz CT molecular complexity index is 441. The zero-order valence-electron chi connectivity index (χ0n) is 9.21. The molecular weight excluding hydrogens is 194 g/mol. The van der Waals surface area contributed by atoms with Crippen molar-refractivity contribution in [3.8, 4) is 0 Å². The molecule has 0 radical (unpaired) electrons. The third-order valence-corrected chi connectivity index (χ3v) is 4.30. The first-order chi connectivity index (χ1) is 7.95. The molecule has 1 aliphatic carbocycles. The lowest BCUT2D eigenvalue weighted by Crippen LogP contribution is -2.51. The summed E-state index contributed by atoms with van der Waals surface area (Å²) in [6.07, 6.45) is 10.5. The van der Waals surface area contributed by atoms with Gasteiger partial charge in [-0.3, -0.25) is 0 Å². The third-order valence-electron chi connectivity index (χ3n) is 4.30. The maximum absolute atomic E-state index is 2.58. The van der Waals surface area contributed by atoms with Gasteiger partial charge in [-0.1, -0.05) is 42.5 Å². The van der Waals surface area contributed by atoms with Crippen LogP contribution in [0.2, 0.25) is 0 Å². The number of piperidine rings is 1. The summed E-state index contributed by atoms with van der Waals surface area (Å²) < 4.78 is 0. The lowest BCUT2D eigenvalue weighted by Gasteiger charge is -2.52. The summed E-state index contributed by atoms with van der Waals surface area (Å²) in [7, 11) is 0. The van der Waals surface area contributed by atoms with Crippen LogP contribution in [-0.2, 0) is 0 Å². The maximum Gasteiger partial charge on any atom is 0.0544 e. The van der Waals surface area contributed by atoms with Crippen molar-refractivity contribution in [2.24, 2.45) is 5.92 Å². The Balaban J connectivity index is 1.92. The van der Waals surface area contributed by atoms with Gasteiger partial charge in [0.05, 0.1) is 6.04 Å². The third kappa shape index (κ3) is 0.960. The minimum Gasteiger partial charge on any atom is -0.364 e. The molecule has 1 heteroatoms. The number of rotatable bonds is 0. The number of para-hydroxylation sites is 1. The predicted molar refractivity (Wildman–Crippen MR) is 66.7 cm³/mol. The second-order valence-corrected chi connectivity index (χ2v) is 4.99. The summed E-state index contributed by atoms with van der Waals surface area (Å²) >= 11 is 0. The van der Waals surface area contributed by atoms with Gasteiger partial charge in [0, 0.05) is 18.2 Å². The highest BCUT2D eigenvalue weighted by Gasteiger charge is 2.42. The number of hydrogen-bond acceptors (Lipinski definition) is 1. The largest absolute Gasteiger partial charge is 0.364 e. The summed E-state index contributed by atoms with van der Waals surface area (Å²) in [6.45, 7) is 1.22. The first-order valence-corrected chi connectivity index (χ1v) is 6.16. The van der Waals surface area contributed by atoms with Crippen molar-refractivity contribution >= 4 is 5.69 Å². The van der Waals surface area contributed by atoms with E-state index in [-0.39, 0.29) is 0 Å². The summed E-state index contributed by atoms with van der Waals surface area (Å²) in [5.41, 5.74) is 3.04. The van der Waals surface area contributed by atoms with Crippen LogP contribution in [0.5, 0.6) is 0 Å². The van der Waals surface area contributed by atoms with E-state index in [1.165, 1.54) is 18.7 Å². The first-order valence-electron chi connectivity index (χ1n) is 6.16. The van der Waals surface area contributed by atoms with Crippen molar-refractivity contribution in [1.29, 1.82) is 0 Å². The fraction of sp³-hybridized carbons (Fsp3) is 0.333. The van der Waals surface area contributed by atoms with Crippen LogP contribution < -0.4 is 4.90 Å². The second kappa shape index (κ2) is 3.00. The van der Waals surface area contributed by atoms with Crippen LogP contribution >= 0.6 is 0 Å². The molecule has 0 amide bonds. The van der Waals surface area contributed by atoms with Crippen LogP contribution in [0.4, 0.5) is 5.69 Å². The van der Waals surface area contributed by atoms with Crippen molar-refractivity contribution < 1.29 is 0 Å². The maximum atomic E-state index is 2.58. The van der Waals surface area contributed by atoms with Crippen LogP contribution in [0, 0.1) is 5.92 Å². The fourth-order valence-electron chi connectivity index (χ4n) is 3.62. The first kappa shape index (κ1) is 8.63. The summed E-state index contributed by atoms with van der Waals surface area (Å²) in [6, 6.07) is 9.55. The Morgan fingerprint density at radius 3 is 2.94 bits per heavy atom. The number of hydrogen-bond donors (Lipinski definition) is 0. The van der Waals surface area contributed by atoms with Gasteiger partial charge in [0.1, 0.15) is 0 Å². The molecule has 3 aliphatic heterocycles. The molecule has 0 saturated carbocycles. The summed E-state index contributed by atoms with van der Waals surface area (Å²) in [4.78, 5) is 2.58. The van der Waals surface area contributed by atoms with Gasteiger partial charge in [-0.25, -0.2) is 0 Å². The van der Waals surface area contributed by atoms with E-state index in [0.29, 0.717) is 12.0 Å². The molecule has 16 heavy (non-hydrogen) atoms. The number of benzene rings is 1. The normalized spacial score (nSPS) is 33.8. The number of anilines is 1. The van der Waals surface area contributed by atoms with Crippen LogP contribution in [0.3, 0.4) is 0 Å². The Hall–Kier alpha value is -1.50. The van der Waals surface area contributed by atoms with Gasteiger partial charge < -0.3 is 4.90 Å². The lowest BCUT2D eigenvalue weighted by atomic mass is 9.70. The van der Waals surface area contributed by atoms with Crippen molar-refractivity contribution in [3.05, 3.63) is 54.1 Å². The van der Waals surface area contributed by atoms with Crippen LogP contribution in [0.1, 0.15) is 17.9 Å². The smallest absolute Gasteiger partial charge is 0.0544 e. The van der Waals surface area contributed by atoms with Crippen molar-refractivity contribution in [2.45, 2.75) is 18.4 Å². The van der Waals surface area contributed by atoms with Gasteiger partial charge in [0.25, 0.3) is 0 Å². The van der Waals surface area contributed by atoms with Crippen LogP contribution in [0.25, 0.3) is 0 Å². The van der Waals surface area contributed by atoms with E-state index in [0.717, 1.165) is 5.92 Å². The van der Waals surface area contributed by atoms with Gasteiger partial charge >= 0.3 is 0 Å². The van der Waals surface area contributed by atoms with Gasteiger partial charge in [0.15, 0.2) is 0 Å². The number of allylic oxidation sites excluding steroid dienone is 2. The van der Waals surface area contributed by atoms with Crippen LogP contribution in [0.15, 0.2) is 48.6 Å². The minimum atomic E-state index is 0.610. The zero-order valence-corrected chi connectivity index (χ0v) is 9.21. The lowest BCUT2D eigenvalue weighted by molar-refractivity contribution is 0.342. The SMILES string of the molecule is C1=CC2C3CCN(c4ccccc43)C2C=C1. The van der Waals surface area contributed by atoms with Gasteiger partial charge in [-0.15, -0.1) is 0 Å². The van der Waals surface area contributed by atoms with E-state index >= 15 is 0 Å². The highest BCUT2D eigenvalue weighted by molar-refractivity contribution is 5.62. The summed E-state index contributed by atoms with van der Waals surface area (Å²) in [5.74, 6) is 1.45. The highest BCUT2D eigenvalue weighted by atomic mass is 15.2. The molecule has 2 bridgehead atoms. The van der Waals surface area contributed by atoms with E-state index < -0.39 is 0 Å². The molecular formula is C15H15N. The molecule has 3 atom stereocenters. The molecule has 1 saturated heterocycles. The quantitative estimate of drug-likeness (QED) is 0.634. The molecule has 1 fully saturated rings. The van der Waals surface area contributed by atoms with Crippen LogP contribution in [-0.4, -0.2) is 12.6 Å². The molecule has 80 valence electrons. The Morgan fingerprint density at radius 2 is 1.94 bits per heavy atom. The average Bonchev–Trinajstić information content (AvgIpc) is 2.40. The molecule has 1 aromatic carbocycles. The van der Waals surface area contributed by atoms with Crippen molar-refractivity contribution in [2.75, 3.05) is 11.4 Å². The molecule has 3 heterocycles. The zero-order chi connectivity index (χ0) is 10.5. The molecule has 0 spiro atoms. The van der Waals surface area contributed by atoms with Gasteiger partial charge in [0.2, 0.25) is 0 Å².